The molecule has 0 amide bonds. The minimum atomic E-state index is -1.39. The van der Waals surface area contributed by atoms with Gasteiger partial charge in [0.25, 0.3) is 0 Å². The van der Waals surface area contributed by atoms with Crippen molar-refractivity contribution in [3.8, 4) is 0 Å². The van der Waals surface area contributed by atoms with Gasteiger partial charge >= 0.3 is 5.97 Å². The number of hydrogen-bond acceptors (Lipinski definition) is 8. The van der Waals surface area contributed by atoms with Gasteiger partial charge in [-0.05, 0) is 59.2 Å². The van der Waals surface area contributed by atoms with Crippen LogP contribution in [0.4, 0.5) is 0 Å². The normalized spacial score (nSPS) is 34.1. The summed E-state index contributed by atoms with van der Waals surface area (Å²) < 4.78 is 26.6. The van der Waals surface area contributed by atoms with Gasteiger partial charge in [-0.3, -0.25) is 4.79 Å². The number of carbonyl (C=O) groups excluding carboxylic acids is 1. The summed E-state index contributed by atoms with van der Waals surface area (Å²) in [5.74, 6) is -1.60. The van der Waals surface area contributed by atoms with Gasteiger partial charge in [0, 0.05) is 126 Å². The molecule has 0 spiro atoms. The van der Waals surface area contributed by atoms with Crippen molar-refractivity contribution in [2.75, 3.05) is 6.61 Å². The Morgan fingerprint density at radius 2 is 1.54 bits per heavy atom. The van der Waals surface area contributed by atoms with Gasteiger partial charge < -0.3 is 33.8 Å². The number of ether oxygens (including phenoxy) is 2. The number of fused-ring (bicyclic) bond motifs is 1. The third-order valence-electron chi connectivity index (χ3n) is 9.64. The average Bonchev–Trinajstić information content (AvgIpc) is 2.95. The molecule has 0 aromatic rings. The molecular weight excluding hydrogens is 1380 g/mol. The van der Waals surface area contributed by atoms with Crippen LogP contribution in [0, 0.1) is 111 Å². The van der Waals surface area contributed by atoms with E-state index in [1.807, 2.05) is 20.8 Å². The van der Waals surface area contributed by atoms with Crippen LogP contribution < -0.4 is 0 Å². The second kappa shape index (κ2) is 25.0. The molecule has 50 heavy (non-hydrogen) atoms. The molecule has 22 atom stereocenters. The van der Waals surface area contributed by atoms with Crippen molar-refractivity contribution in [1.29, 1.82) is 0 Å². The first-order valence-electron chi connectivity index (χ1n) is 15.0. The Kier molecular flexibility index (Phi) is 28.6. The summed E-state index contributed by atoms with van der Waals surface area (Å²) in [5.41, 5.74) is -2.13. The van der Waals surface area contributed by atoms with E-state index in [1.54, 1.807) is 0 Å². The monoisotopic (exact) mass is 1440 g/mol. The van der Waals surface area contributed by atoms with Crippen molar-refractivity contribution in [2.45, 2.75) is 96.6 Å². The van der Waals surface area contributed by atoms with E-state index >= 15 is 0 Å². The van der Waals surface area contributed by atoms with Gasteiger partial charge in [-0.15, -0.1) is 80.4 Å². The van der Waals surface area contributed by atoms with E-state index in [4.69, 9.17) is 18.5 Å². The third kappa shape index (κ3) is 13.8. The molecule has 3 aliphatic rings. The number of carbonyl (C=O) groups is 1. The Morgan fingerprint density at radius 3 is 1.96 bits per heavy atom. The molecule has 1 saturated heterocycles. The first-order valence-corrected chi connectivity index (χ1v) is 44.3. The number of hydrogen-bond donors (Lipinski definition) is 3. The van der Waals surface area contributed by atoms with E-state index in [-0.39, 0.29) is 108 Å². The van der Waals surface area contributed by atoms with E-state index in [2.05, 4.69) is 100 Å². The number of esters is 1. The smallest absolute Gasteiger partial charge is 0.302 e. The maximum absolute atomic E-state index is 13.0. The molecule has 8 nitrogen and oxygen atoms in total. The predicted molar refractivity (Wildman–Crippen MR) is 254 cm³/mol. The number of allylic oxidation sites excluding steroid dienone is 1. The summed E-state index contributed by atoms with van der Waals surface area (Å²) in [6.45, 7) is 8.82. The van der Waals surface area contributed by atoms with Crippen LogP contribution in [0.25, 0.3) is 0 Å². The zero-order chi connectivity index (χ0) is 36.7. The van der Waals surface area contributed by atoms with Gasteiger partial charge in [-0.2, -0.15) is 0 Å². The maximum atomic E-state index is 13.0. The summed E-state index contributed by atoms with van der Waals surface area (Å²) in [6.07, 6.45) is -1.52. The minimum Gasteiger partial charge on any atom is -0.462 e. The summed E-state index contributed by atoms with van der Waals surface area (Å²) in [4.78, 5) is 13.0. The first-order chi connectivity index (χ1) is 22.0. The number of aliphatic hydroxyl groups is 3. The molecule has 1 saturated carbocycles. The Bertz CT molecular complexity index is 1140. The Labute approximate surface area is 402 Å². The van der Waals surface area contributed by atoms with Gasteiger partial charge in [0.2, 0.25) is 0 Å². The first kappa shape index (κ1) is 57.2. The molecule has 1 aliphatic heterocycles. The Balaban J connectivity index is 0.00000625. The standard InChI is InChI=1S/C23H55O8P17.2Ac/c1-11-9-21(4,5)14(7-15(11)25)18(29-13(3)24)19-22(6,20(26)12(2)30-43(46(37)38)48(41-32)47(39)40)16(8-17-23(19,27)10-28-17)31-42(44(33)34)45(35)36;;/h9,12,14-20,25-27,41H,7-8,10,32-40H2,1-6H3;;/t12-,14?,15+,16+,17-,18-,19?,20-,22-,23+,43?,48?;;/m1../s1. The van der Waals surface area contributed by atoms with Crippen LogP contribution in [-0.4, -0.2) is 70.1 Å². The van der Waals surface area contributed by atoms with Crippen LogP contribution in [0.3, 0.4) is 0 Å². The molecule has 3 rings (SSSR count). The third-order valence-corrected chi connectivity index (χ3v) is 79.4. The zero-order valence-electron chi connectivity index (χ0n) is 29.2. The quantitative estimate of drug-likeness (QED) is 0.0844. The number of rotatable bonds is 15. The van der Waals surface area contributed by atoms with Crippen molar-refractivity contribution in [3.05, 3.63) is 11.6 Å². The van der Waals surface area contributed by atoms with Gasteiger partial charge in [0.1, 0.15) is 11.7 Å². The summed E-state index contributed by atoms with van der Waals surface area (Å²) in [7, 11) is 25.3. The van der Waals surface area contributed by atoms with E-state index < -0.39 is 108 Å². The summed E-state index contributed by atoms with van der Waals surface area (Å²) in [5, 5.41) is 36.7. The molecule has 0 bridgehead atoms. The van der Waals surface area contributed by atoms with E-state index in [0.717, 1.165) is 5.57 Å². The van der Waals surface area contributed by atoms with Crippen molar-refractivity contribution < 1.29 is 127 Å². The molecule has 2 aliphatic carbocycles. The molecule has 14 unspecified atom stereocenters. The molecule has 1 heterocycles. The van der Waals surface area contributed by atoms with Crippen LogP contribution in [0.15, 0.2) is 11.6 Å². The maximum Gasteiger partial charge on any atom is 0.302 e. The molecule has 0 aromatic carbocycles. The fourth-order valence-electron chi connectivity index (χ4n) is 7.40. The van der Waals surface area contributed by atoms with Crippen molar-refractivity contribution in [2.24, 2.45) is 22.7 Å². The van der Waals surface area contributed by atoms with Gasteiger partial charge in [-0.1, -0.05) is 34.8 Å². The Hall–Kier alpha value is 9.16. The predicted octanol–water partition coefficient (Wildman–Crippen LogP) is 11.1. The minimum absolute atomic E-state index is 0. The second-order valence-corrected chi connectivity index (χ2v) is 71.4. The summed E-state index contributed by atoms with van der Waals surface area (Å²) >= 11 is 0. The van der Waals surface area contributed by atoms with Crippen molar-refractivity contribution in [3.63, 3.8) is 0 Å². The van der Waals surface area contributed by atoms with E-state index in [9.17, 15) is 20.1 Å². The SMILES string of the molecule is CC(=O)O[C@H](C1C[C@H](O)C(C)=CC1(C)C)C1[C@](C)([C@H](O)[C@@H](C)OP(P(P)P)P(PP)P(P)P)[C@@H](OP(P(P)P)P(P)P)C[C@H]2OC[C@@]12O.[Ac].[Ac]. The van der Waals surface area contributed by atoms with Gasteiger partial charge in [0.05, 0.1) is 52.2 Å². The zero-order valence-corrected chi connectivity index (χ0v) is 56.3. The van der Waals surface area contributed by atoms with Crippen molar-refractivity contribution in [1.82, 2.24) is 0 Å². The molecule has 3 N–H and O–H groups in total. The topological polar surface area (TPSA) is 115 Å². The Morgan fingerprint density at radius 1 is 1.00 bits per heavy atom. The average molecular weight is 1440 g/mol. The van der Waals surface area contributed by atoms with E-state index in [0.29, 0.717) is 20.8 Å². The molecular formula is C23H55Ac2O8P17. The fraction of sp³-hybridized carbons (Fsp3) is 0.870. The largest absolute Gasteiger partial charge is 0.462 e. The van der Waals surface area contributed by atoms with Gasteiger partial charge in [0.15, 0.2) is 0 Å². The van der Waals surface area contributed by atoms with Crippen LogP contribution in [0.2, 0.25) is 0 Å². The molecule has 2 radical (unpaired) electrons. The summed E-state index contributed by atoms with van der Waals surface area (Å²) in [6, 6.07) is 0. The van der Waals surface area contributed by atoms with Crippen LogP contribution >= 0.6 is 138 Å². The van der Waals surface area contributed by atoms with Crippen LogP contribution in [-0.2, 0) is 23.3 Å². The second-order valence-electron chi connectivity index (χ2n) is 13.3. The fourth-order valence-corrected chi connectivity index (χ4v) is 107. The van der Waals surface area contributed by atoms with Crippen LogP contribution in [0.5, 0.6) is 0 Å². The molecule has 2 fully saturated rings. The van der Waals surface area contributed by atoms with Crippen LogP contribution in [0.1, 0.15) is 54.4 Å². The number of aliphatic hydroxyl groups excluding tert-OH is 2. The van der Waals surface area contributed by atoms with Gasteiger partial charge in [-0.25, -0.2) is 0 Å². The van der Waals surface area contributed by atoms with Crippen molar-refractivity contribution >= 4 is 144 Å². The van der Waals surface area contributed by atoms with E-state index in [1.165, 1.54) is 6.92 Å². The molecule has 286 valence electrons. The molecule has 27 heteroatoms. The molecule has 0 aromatic heterocycles.